The fraction of sp³-hybridized carbons (Fsp3) is 0.444. The summed E-state index contributed by atoms with van der Waals surface area (Å²) in [5.41, 5.74) is 0.671. The Morgan fingerprint density at radius 2 is 2.00 bits per heavy atom. The Labute approximate surface area is 200 Å². The van der Waals surface area contributed by atoms with Crippen molar-refractivity contribution in [1.29, 1.82) is 0 Å². The van der Waals surface area contributed by atoms with Crippen LogP contribution in [0, 0.1) is 23.6 Å². The van der Waals surface area contributed by atoms with Crippen LogP contribution in [-0.2, 0) is 17.6 Å². The third kappa shape index (κ3) is 4.97. The van der Waals surface area contributed by atoms with Crippen molar-refractivity contribution < 1.29 is 14.0 Å². The van der Waals surface area contributed by atoms with Gasteiger partial charge in [-0.2, -0.15) is 0 Å². The predicted molar refractivity (Wildman–Crippen MR) is 128 cm³/mol. The lowest BCUT2D eigenvalue weighted by atomic mass is 9.73. The van der Waals surface area contributed by atoms with Crippen molar-refractivity contribution in [2.24, 2.45) is 5.92 Å². The van der Waals surface area contributed by atoms with E-state index in [2.05, 4.69) is 34.0 Å². The minimum atomic E-state index is -1.09. The Balaban J connectivity index is 1.52. The van der Waals surface area contributed by atoms with Gasteiger partial charge in [0.2, 0.25) is 0 Å². The molecule has 0 radical (unpaired) electrons. The first-order chi connectivity index (χ1) is 16.4. The lowest BCUT2D eigenvalue weighted by Gasteiger charge is -2.42. The molecule has 2 atom stereocenters. The second-order valence-corrected chi connectivity index (χ2v) is 9.21. The van der Waals surface area contributed by atoms with Crippen molar-refractivity contribution in [1.82, 2.24) is 20.1 Å². The van der Waals surface area contributed by atoms with Gasteiger partial charge in [0.05, 0.1) is 6.54 Å². The van der Waals surface area contributed by atoms with E-state index >= 15 is 0 Å². The maximum Gasteiger partial charge on any atom is 0.325 e. The molecule has 0 aliphatic carbocycles. The molecule has 1 aromatic heterocycles. The minimum Gasteiger partial charge on any atom is -0.322 e. The molecule has 2 aliphatic heterocycles. The van der Waals surface area contributed by atoms with Gasteiger partial charge in [-0.3, -0.25) is 14.7 Å². The van der Waals surface area contributed by atoms with Gasteiger partial charge < -0.3 is 10.2 Å². The summed E-state index contributed by atoms with van der Waals surface area (Å²) in [5.74, 6) is 4.92. The van der Waals surface area contributed by atoms with Gasteiger partial charge in [0.1, 0.15) is 11.4 Å². The molecule has 2 aliphatic rings. The van der Waals surface area contributed by atoms with Gasteiger partial charge in [-0.05, 0) is 75.5 Å². The topological polar surface area (TPSA) is 65.5 Å². The lowest BCUT2D eigenvalue weighted by molar-refractivity contribution is -0.133. The zero-order valence-electron chi connectivity index (χ0n) is 19.8. The van der Waals surface area contributed by atoms with Gasteiger partial charge >= 0.3 is 6.03 Å². The number of likely N-dealkylation sites (tertiary alicyclic amines) is 1. The summed E-state index contributed by atoms with van der Waals surface area (Å²) in [5, 5.41) is 3.02. The number of nitrogens with one attached hydrogen (secondary N) is 1. The highest BCUT2D eigenvalue weighted by Crippen LogP contribution is 2.37. The Kier molecular flexibility index (Phi) is 7.28. The van der Waals surface area contributed by atoms with Gasteiger partial charge in [-0.1, -0.05) is 24.1 Å². The zero-order valence-corrected chi connectivity index (χ0v) is 19.8. The van der Waals surface area contributed by atoms with Crippen molar-refractivity contribution in [2.75, 3.05) is 19.6 Å². The van der Waals surface area contributed by atoms with Crippen LogP contribution < -0.4 is 5.32 Å². The normalized spacial score (nSPS) is 22.3. The summed E-state index contributed by atoms with van der Waals surface area (Å²) in [4.78, 5) is 34.5. The Bertz CT molecular complexity index is 1090. The monoisotopic (exact) mass is 462 g/mol. The molecular weight excluding hydrogens is 431 g/mol. The van der Waals surface area contributed by atoms with Gasteiger partial charge in [-0.15, -0.1) is 5.92 Å². The number of hydrogen-bond donors (Lipinski definition) is 1. The first-order valence-electron chi connectivity index (χ1n) is 11.8. The molecule has 0 saturated carbocycles. The van der Waals surface area contributed by atoms with Gasteiger partial charge in [0, 0.05) is 30.8 Å². The van der Waals surface area contributed by atoms with E-state index < -0.39 is 11.6 Å². The Morgan fingerprint density at radius 1 is 1.21 bits per heavy atom. The maximum atomic E-state index is 13.9. The average molecular weight is 463 g/mol. The van der Waals surface area contributed by atoms with Crippen LogP contribution in [0.4, 0.5) is 9.18 Å². The number of rotatable bonds is 7. The van der Waals surface area contributed by atoms with E-state index in [-0.39, 0.29) is 30.6 Å². The molecule has 0 spiro atoms. The molecular formula is C27H31FN4O2. The predicted octanol–water partition coefficient (Wildman–Crippen LogP) is 3.42. The molecule has 2 saturated heterocycles. The Morgan fingerprint density at radius 3 is 2.68 bits per heavy atom. The second-order valence-electron chi connectivity index (χ2n) is 9.21. The molecule has 178 valence electrons. The van der Waals surface area contributed by atoms with Crippen LogP contribution in [0.1, 0.15) is 37.9 Å². The Hall–Kier alpha value is -3.24. The summed E-state index contributed by atoms with van der Waals surface area (Å²) < 4.78 is 13.9. The molecule has 6 nitrogen and oxygen atoms in total. The quantitative estimate of drug-likeness (QED) is 0.506. The molecule has 1 aromatic carbocycles. The number of halogens is 1. The molecule has 3 heterocycles. The van der Waals surface area contributed by atoms with E-state index in [1.807, 2.05) is 30.5 Å². The molecule has 0 bridgehead atoms. The average Bonchev–Trinajstić information content (AvgIpc) is 3.08. The van der Waals surface area contributed by atoms with Crippen molar-refractivity contribution in [2.45, 2.75) is 51.1 Å². The van der Waals surface area contributed by atoms with Gasteiger partial charge in [0.25, 0.3) is 5.91 Å². The van der Waals surface area contributed by atoms with Crippen LogP contribution in [0.5, 0.6) is 0 Å². The van der Waals surface area contributed by atoms with E-state index in [1.54, 1.807) is 13.0 Å². The third-order valence-corrected chi connectivity index (χ3v) is 7.07. The highest BCUT2D eigenvalue weighted by molar-refractivity contribution is 6.07. The van der Waals surface area contributed by atoms with Crippen LogP contribution >= 0.6 is 0 Å². The molecule has 0 unspecified atom stereocenters. The summed E-state index contributed by atoms with van der Waals surface area (Å²) in [7, 11) is 0. The molecule has 1 N–H and O–H groups in total. The minimum absolute atomic E-state index is 0.0508. The van der Waals surface area contributed by atoms with Gasteiger partial charge in [0.15, 0.2) is 0 Å². The van der Waals surface area contributed by atoms with Crippen molar-refractivity contribution in [3.8, 4) is 11.8 Å². The van der Waals surface area contributed by atoms with Crippen LogP contribution in [-0.4, -0.2) is 57.9 Å². The standard InChI is InChI=1S/C27H31FN4O2/c1-3-4-14-32-25(33)27(30-26(32)34,19-21-8-7-9-23(28)18-21)22-11-15-31(16-12-22)20(2)17-24-10-5-6-13-29-24/h5-10,13,18,20,22H,11-12,14-17,19H2,1-2H3,(H,30,34)/t20-,27-/m1/s1. The molecule has 3 amide bonds. The highest BCUT2D eigenvalue weighted by atomic mass is 19.1. The van der Waals surface area contributed by atoms with Crippen LogP contribution in [0.3, 0.4) is 0 Å². The number of hydrogen-bond acceptors (Lipinski definition) is 4. The number of carbonyl (C=O) groups is 2. The number of amides is 3. The third-order valence-electron chi connectivity index (χ3n) is 7.07. The fourth-order valence-electron chi connectivity index (χ4n) is 5.24. The van der Waals surface area contributed by atoms with E-state index in [1.165, 1.54) is 17.0 Å². The highest BCUT2D eigenvalue weighted by Gasteiger charge is 2.55. The number of piperidine rings is 1. The number of urea groups is 1. The summed E-state index contributed by atoms with van der Waals surface area (Å²) in [6, 6.07) is 12.1. The first-order valence-corrected chi connectivity index (χ1v) is 11.8. The molecule has 2 aromatic rings. The molecule has 2 fully saturated rings. The maximum absolute atomic E-state index is 13.9. The van der Waals surface area contributed by atoms with Crippen LogP contribution in [0.25, 0.3) is 0 Å². The number of imide groups is 1. The smallest absolute Gasteiger partial charge is 0.322 e. The summed E-state index contributed by atoms with van der Waals surface area (Å²) >= 11 is 0. The fourth-order valence-corrected chi connectivity index (χ4v) is 5.24. The largest absolute Gasteiger partial charge is 0.325 e. The number of nitrogens with zero attached hydrogens (tertiary/aromatic N) is 3. The SMILES string of the molecule is CC#CCN1C(=O)N[C@](Cc2cccc(F)c2)(C2CCN([C@H](C)Cc3ccccn3)CC2)C1=O. The lowest BCUT2D eigenvalue weighted by Crippen LogP contribution is -2.58. The summed E-state index contributed by atoms with van der Waals surface area (Å²) in [6.07, 6.45) is 4.47. The second kappa shape index (κ2) is 10.4. The van der Waals surface area contributed by atoms with Crippen molar-refractivity contribution in [3.63, 3.8) is 0 Å². The van der Waals surface area contributed by atoms with Crippen molar-refractivity contribution in [3.05, 3.63) is 65.7 Å². The van der Waals surface area contributed by atoms with E-state index in [0.717, 1.165) is 38.0 Å². The van der Waals surface area contributed by atoms with E-state index in [4.69, 9.17) is 0 Å². The van der Waals surface area contributed by atoms with E-state index in [0.29, 0.717) is 11.6 Å². The first kappa shape index (κ1) is 23.9. The number of pyridine rings is 1. The molecule has 7 heteroatoms. The molecule has 34 heavy (non-hydrogen) atoms. The van der Waals surface area contributed by atoms with Crippen LogP contribution in [0.2, 0.25) is 0 Å². The summed E-state index contributed by atoms with van der Waals surface area (Å²) in [6.45, 7) is 5.58. The van der Waals surface area contributed by atoms with E-state index in [9.17, 15) is 14.0 Å². The number of benzene rings is 1. The van der Waals surface area contributed by atoms with Gasteiger partial charge in [-0.25, -0.2) is 9.18 Å². The number of aromatic nitrogens is 1. The van der Waals surface area contributed by atoms with Crippen molar-refractivity contribution >= 4 is 11.9 Å². The molecule has 4 rings (SSSR count). The zero-order chi connectivity index (χ0) is 24.1. The number of carbonyl (C=O) groups excluding carboxylic acids is 2. The van der Waals surface area contributed by atoms with Crippen LogP contribution in [0.15, 0.2) is 48.7 Å².